The van der Waals surface area contributed by atoms with Crippen LogP contribution in [0.2, 0.25) is 0 Å². The highest BCUT2D eigenvalue weighted by Gasteiger charge is 2.41. The predicted octanol–water partition coefficient (Wildman–Crippen LogP) is 1.93. The van der Waals surface area contributed by atoms with Crippen molar-refractivity contribution in [1.29, 1.82) is 0 Å². The molecule has 2 aromatic heterocycles. The maximum atomic E-state index is 12.4. The molecule has 1 fully saturated rings. The number of nitrogens with one attached hydrogen (secondary N) is 1. The average Bonchev–Trinajstić information content (AvgIpc) is 2.86. The number of aliphatic carboxylic acids is 1. The molecular formula is C24H24N4O6. The molecule has 0 aliphatic carbocycles. The van der Waals surface area contributed by atoms with Crippen LogP contribution in [0, 0.1) is 6.92 Å². The van der Waals surface area contributed by atoms with Gasteiger partial charge in [0.25, 0.3) is 5.91 Å². The molecule has 4 rings (SSSR count). The van der Waals surface area contributed by atoms with E-state index < -0.39 is 30.0 Å². The lowest BCUT2D eigenvalue weighted by atomic mass is 9.98. The molecule has 0 bridgehead atoms. The van der Waals surface area contributed by atoms with Crippen LogP contribution in [0.4, 0.5) is 0 Å². The Morgan fingerprint density at radius 1 is 1.09 bits per heavy atom. The summed E-state index contributed by atoms with van der Waals surface area (Å²) in [6.07, 6.45) is 1.78. The van der Waals surface area contributed by atoms with Crippen LogP contribution in [0.1, 0.15) is 39.2 Å². The molecule has 0 unspecified atom stereocenters. The zero-order chi connectivity index (χ0) is 24.1. The number of carbonyl (C=O) groups is 2. The quantitative estimate of drug-likeness (QED) is 0.478. The summed E-state index contributed by atoms with van der Waals surface area (Å²) in [5, 5.41) is 21.3. The van der Waals surface area contributed by atoms with E-state index in [-0.39, 0.29) is 29.6 Å². The van der Waals surface area contributed by atoms with Crippen LogP contribution in [0.15, 0.2) is 54.7 Å². The zero-order valence-electron chi connectivity index (χ0n) is 18.5. The van der Waals surface area contributed by atoms with Gasteiger partial charge in [-0.1, -0.05) is 36.4 Å². The minimum Gasteiger partial charge on any atom is -0.504 e. The maximum absolute atomic E-state index is 12.4. The number of aromatic nitrogens is 3. The zero-order valence-corrected chi connectivity index (χ0v) is 18.5. The number of carbonyl (C=O) groups excluding carboxylic acids is 1. The van der Waals surface area contributed by atoms with Crippen LogP contribution in [-0.2, 0) is 26.5 Å². The number of amides is 1. The van der Waals surface area contributed by atoms with Gasteiger partial charge in [-0.25, -0.2) is 9.97 Å². The van der Waals surface area contributed by atoms with Crippen molar-refractivity contribution in [1.82, 2.24) is 20.3 Å². The summed E-state index contributed by atoms with van der Waals surface area (Å²) < 4.78 is 12.6. The number of rotatable bonds is 7. The van der Waals surface area contributed by atoms with Gasteiger partial charge < -0.3 is 25.0 Å². The first-order valence-corrected chi connectivity index (χ1v) is 10.7. The SMILES string of the molecule is Cc1nc(CC2(c3ccccc3)OCC(c3ccccn3)CO2)nc(C(=O)NCC(=O)O)c1O. The van der Waals surface area contributed by atoms with E-state index >= 15 is 0 Å². The van der Waals surface area contributed by atoms with Gasteiger partial charge in [-0.05, 0) is 19.1 Å². The summed E-state index contributed by atoms with van der Waals surface area (Å²) in [4.78, 5) is 36.1. The van der Waals surface area contributed by atoms with E-state index in [1.807, 2.05) is 48.5 Å². The van der Waals surface area contributed by atoms with Gasteiger partial charge >= 0.3 is 5.97 Å². The first-order valence-electron chi connectivity index (χ1n) is 10.7. The van der Waals surface area contributed by atoms with Crippen LogP contribution in [0.5, 0.6) is 5.75 Å². The van der Waals surface area contributed by atoms with Crippen LogP contribution < -0.4 is 5.32 Å². The molecule has 1 aliphatic rings. The Bertz CT molecular complexity index is 1160. The summed E-state index contributed by atoms with van der Waals surface area (Å²) >= 11 is 0. The minimum absolute atomic E-state index is 0.0575. The van der Waals surface area contributed by atoms with Crippen molar-refractivity contribution in [2.45, 2.75) is 25.0 Å². The third-order valence-electron chi connectivity index (χ3n) is 5.47. The monoisotopic (exact) mass is 464 g/mol. The second-order valence-corrected chi connectivity index (χ2v) is 7.87. The fourth-order valence-corrected chi connectivity index (χ4v) is 3.72. The van der Waals surface area contributed by atoms with Gasteiger partial charge in [-0.2, -0.15) is 0 Å². The van der Waals surface area contributed by atoms with Gasteiger partial charge in [-0.3, -0.25) is 14.6 Å². The standard InChI is InChI=1S/C24H24N4O6/c1-15-22(31)21(23(32)26-12-20(29)30)28-19(27-15)11-24(17-7-3-2-4-8-17)33-13-16(14-34-24)18-9-5-6-10-25-18/h2-10,16,31H,11-14H2,1H3,(H,26,32)(H,29,30). The Morgan fingerprint density at radius 3 is 2.44 bits per heavy atom. The molecule has 3 aromatic rings. The molecule has 1 amide bonds. The largest absolute Gasteiger partial charge is 0.504 e. The summed E-state index contributed by atoms with van der Waals surface area (Å²) in [7, 11) is 0. The molecule has 176 valence electrons. The third kappa shape index (κ3) is 5.03. The van der Waals surface area contributed by atoms with Gasteiger partial charge in [0.2, 0.25) is 5.79 Å². The molecular weight excluding hydrogens is 440 g/mol. The lowest BCUT2D eigenvalue weighted by Crippen LogP contribution is -2.43. The van der Waals surface area contributed by atoms with E-state index in [1.165, 1.54) is 6.92 Å². The fourth-order valence-electron chi connectivity index (χ4n) is 3.72. The molecule has 0 radical (unpaired) electrons. The molecule has 0 atom stereocenters. The van der Waals surface area contributed by atoms with Crippen molar-refractivity contribution >= 4 is 11.9 Å². The number of carboxylic acids is 1. The van der Waals surface area contributed by atoms with Crippen molar-refractivity contribution in [2.24, 2.45) is 0 Å². The van der Waals surface area contributed by atoms with Gasteiger partial charge in [0.15, 0.2) is 11.4 Å². The van der Waals surface area contributed by atoms with E-state index in [0.29, 0.717) is 13.2 Å². The molecule has 10 nitrogen and oxygen atoms in total. The first kappa shape index (κ1) is 23.3. The molecule has 1 aromatic carbocycles. The Morgan fingerprint density at radius 2 is 1.79 bits per heavy atom. The Hall–Kier alpha value is -3.89. The van der Waals surface area contributed by atoms with Crippen molar-refractivity contribution < 1.29 is 29.3 Å². The maximum Gasteiger partial charge on any atom is 0.322 e. The molecule has 10 heteroatoms. The molecule has 0 saturated carbocycles. The lowest BCUT2D eigenvalue weighted by Gasteiger charge is -2.40. The topological polar surface area (TPSA) is 144 Å². The van der Waals surface area contributed by atoms with E-state index in [1.54, 1.807) is 6.20 Å². The smallest absolute Gasteiger partial charge is 0.322 e. The highest BCUT2D eigenvalue weighted by molar-refractivity contribution is 5.96. The predicted molar refractivity (Wildman–Crippen MR) is 119 cm³/mol. The number of benzene rings is 1. The van der Waals surface area contributed by atoms with Crippen molar-refractivity contribution in [3.8, 4) is 5.75 Å². The van der Waals surface area contributed by atoms with Crippen LogP contribution in [0.25, 0.3) is 0 Å². The normalized spacial score (nSPS) is 20.0. The van der Waals surface area contributed by atoms with Gasteiger partial charge in [0, 0.05) is 23.4 Å². The van der Waals surface area contributed by atoms with E-state index in [9.17, 15) is 14.7 Å². The van der Waals surface area contributed by atoms with Crippen LogP contribution >= 0.6 is 0 Å². The number of hydrogen-bond donors (Lipinski definition) is 3. The second-order valence-electron chi connectivity index (χ2n) is 7.87. The number of carboxylic acid groups (broad SMARTS) is 1. The number of pyridine rings is 1. The average molecular weight is 464 g/mol. The fraction of sp³-hybridized carbons (Fsp3) is 0.292. The summed E-state index contributed by atoms with van der Waals surface area (Å²) in [5.41, 5.74) is 1.48. The lowest BCUT2D eigenvalue weighted by molar-refractivity contribution is -0.283. The van der Waals surface area contributed by atoms with Gasteiger partial charge in [-0.15, -0.1) is 0 Å². The summed E-state index contributed by atoms with van der Waals surface area (Å²) in [6, 6.07) is 15.0. The molecule has 34 heavy (non-hydrogen) atoms. The molecule has 1 aliphatic heterocycles. The van der Waals surface area contributed by atoms with Gasteiger partial charge in [0.1, 0.15) is 12.4 Å². The molecule has 3 N–H and O–H groups in total. The Kier molecular flexibility index (Phi) is 6.80. The van der Waals surface area contributed by atoms with Crippen LogP contribution in [-0.4, -0.2) is 56.8 Å². The van der Waals surface area contributed by atoms with Crippen molar-refractivity contribution in [3.63, 3.8) is 0 Å². The highest BCUT2D eigenvalue weighted by atomic mass is 16.7. The number of aryl methyl sites for hydroxylation is 1. The van der Waals surface area contributed by atoms with Gasteiger partial charge in [0.05, 0.1) is 25.3 Å². The number of hydrogen-bond acceptors (Lipinski definition) is 8. The minimum atomic E-state index is -1.22. The van der Waals surface area contributed by atoms with E-state index in [4.69, 9.17) is 14.6 Å². The number of aromatic hydroxyl groups is 1. The van der Waals surface area contributed by atoms with Crippen LogP contribution in [0.3, 0.4) is 0 Å². The van der Waals surface area contributed by atoms with E-state index in [0.717, 1.165) is 11.3 Å². The molecule has 3 heterocycles. The number of ether oxygens (including phenoxy) is 2. The highest BCUT2D eigenvalue weighted by Crippen LogP contribution is 2.37. The first-order chi connectivity index (χ1) is 16.4. The molecule has 1 saturated heterocycles. The summed E-state index contributed by atoms with van der Waals surface area (Å²) in [6.45, 7) is 1.61. The third-order valence-corrected chi connectivity index (χ3v) is 5.47. The Balaban J connectivity index is 1.63. The second kappa shape index (κ2) is 9.94. The summed E-state index contributed by atoms with van der Waals surface area (Å²) in [5.74, 6) is -3.52. The van der Waals surface area contributed by atoms with E-state index in [2.05, 4.69) is 20.3 Å². The number of nitrogens with zero attached hydrogens (tertiary/aromatic N) is 3. The van der Waals surface area contributed by atoms with Crippen molar-refractivity contribution in [2.75, 3.05) is 19.8 Å². The Labute approximate surface area is 195 Å². The van der Waals surface area contributed by atoms with Crippen molar-refractivity contribution in [3.05, 3.63) is 83.2 Å². The molecule has 0 spiro atoms.